The molecule has 0 atom stereocenters. The molecule has 0 amide bonds. The van der Waals surface area contributed by atoms with Gasteiger partial charge in [-0.2, -0.15) is 12.6 Å². The van der Waals surface area contributed by atoms with Crippen molar-refractivity contribution < 1.29 is 14.0 Å². The van der Waals surface area contributed by atoms with Crippen molar-refractivity contribution >= 4 is 25.8 Å². The zero-order valence-corrected chi connectivity index (χ0v) is 15.2. The van der Waals surface area contributed by atoms with Crippen LogP contribution in [0, 0.1) is 6.92 Å². The maximum Gasteiger partial charge on any atom is 0.491 e. The van der Waals surface area contributed by atoms with Crippen LogP contribution >= 0.6 is 12.6 Å². The Morgan fingerprint density at radius 2 is 1.82 bits per heavy atom. The van der Waals surface area contributed by atoms with Crippen LogP contribution in [0.1, 0.15) is 38.8 Å². The fourth-order valence-corrected chi connectivity index (χ4v) is 2.56. The summed E-state index contributed by atoms with van der Waals surface area (Å²) in [7, 11) is 1.30. The highest BCUT2D eigenvalue weighted by atomic mass is 32.1. The summed E-state index contributed by atoms with van der Waals surface area (Å²) >= 11 is 4.45. The fourth-order valence-electron chi connectivity index (χ4n) is 2.32. The van der Waals surface area contributed by atoms with Crippen molar-refractivity contribution in [3.8, 4) is 5.75 Å². The first-order chi connectivity index (χ1) is 10.2. The minimum absolute atomic E-state index is 0.350. The standard InChI is InChI=1S/C17H25BO3S/c1-12-7-8-13(15(9-12)19-6)10-14(11-22)18-20-16(2,3)17(4,5)21-18/h7-10,22H,11H2,1-6H3. The van der Waals surface area contributed by atoms with Crippen molar-refractivity contribution in [1.82, 2.24) is 0 Å². The van der Waals surface area contributed by atoms with E-state index in [1.807, 2.05) is 25.1 Å². The van der Waals surface area contributed by atoms with Gasteiger partial charge in [0.25, 0.3) is 0 Å². The van der Waals surface area contributed by atoms with Gasteiger partial charge in [-0.25, -0.2) is 0 Å². The molecule has 1 heterocycles. The van der Waals surface area contributed by atoms with Gasteiger partial charge in [-0.05, 0) is 51.7 Å². The lowest BCUT2D eigenvalue weighted by molar-refractivity contribution is 0.00578. The first kappa shape index (κ1) is 17.4. The molecule has 1 saturated heterocycles. The highest BCUT2D eigenvalue weighted by Crippen LogP contribution is 2.39. The summed E-state index contributed by atoms with van der Waals surface area (Å²) in [5.74, 6) is 1.41. The normalized spacial score (nSPS) is 20.3. The number of rotatable bonds is 4. The third-order valence-electron chi connectivity index (χ3n) is 4.47. The lowest BCUT2D eigenvalue weighted by Crippen LogP contribution is -2.41. The van der Waals surface area contributed by atoms with E-state index in [0.29, 0.717) is 5.75 Å². The first-order valence-electron chi connectivity index (χ1n) is 7.52. The average Bonchev–Trinajstić information content (AvgIpc) is 2.65. The molecule has 0 aromatic heterocycles. The Kier molecular flexibility index (Phi) is 5.00. The molecule has 0 N–H and O–H groups in total. The van der Waals surface area contributed by atoms with Gasteiger partial charge in [-0.1, -0.05) is 18.2 Å². The number of benzene rings is 1. The van der Waals surface area contributed by atoms with Crippen LogP contribution < -0.4 is 4.74 Å². The molecule has 0 saturated carbocycles. The van der Waals surface area contributed by atoms with Gasteiger partial charge in [-0.15, -0.1) is 0 Å². The van der Waals surface area contributed by atoms with Crippen molar-refractivity contribution in [1.29, 1.82) is 0 Å². The minimum atomic E-state index is -0.381. The van der Waals surface area contributed by atoms with E-state index < -0.39 is 0 Å². The molecule has 1 aromatic rings. The second-order valence-corrected chi connectivity index (χ2v) is 7.03. The minimum Gasteiger partial charge on any atom is -0.496 e. The maximum absolute atomic E-state index is 6.11. The van der Waals surface area contributed by atoms with Gasteiger partial charge in [0, 0.05) is 11.3 Å². The Morgan fingerprint density at radius 1 is 1.23 bits per heavy atom. The van der Waals surface area contributed by atoms with Crippen molar-refractivity contribution in [2.24, 2.45) is 0 Å². The van der Waals surface area contributed by atoms with Crippen LogP contribution in [0.5, 0.6) is 5.75 Å². The molecule has 0 radical (unpaired) electrons. The van der Waals surface area contributed by atoms with Gasteiger partial charge in [0.05, 0.1) is 18.3 Å². The molecule has 1 aromatic carbocycles. The largest absolute Gasteiger partial charge is 0.496 e. The predicted octanol–water partition coefficient (Wildman–Crippen LogP) is 3.95. The zero-order chi connectivity index (χ0) is 16.5. The summed E-state index contributed by atoms with van der Waals surface area (Å²) in [5, 5.41) is 0. The number of methoxy groups -OCH3 is 1. The quantitative estimate of drug-likeness (QED) is 0.672. The zero-order valence-electron chi connectivity index (χ0n) is 14.3. The smallest absolute Gasteiger partial charge is 0.491 e. The molecule has 0 aliphatic carbocycles. The Morgan fingerprint density at radius 3 is 2.32 bits per heavy atom. The lowest BCUT2D eigenvalue weighted by Gasteiger charge is -2.32. The van der Waals surface area contributed by atoms with E-state index in [1.165, 1.54) is 0 Å². The number of thiol groups is 1. The maximum atomic E-state index is 6.11. The van der Waals surface area contributed by atoms with Crippen molar-refractivity contribution in [3.05, 3.63) is 34.8 Å². The van der Waals surface area contributed by atoms with E-state index in [2.05, 4.69) is 46.4 Å². The van der Waals surface area contributed by atoms with Crippen molar-refractivity contribution in [2.45, 2.75) is 45.8 Å². The first-order valence-corrected chi connectivity index (χ1v) is 8.15. The molecule has 120 valence electrons. The van der Waals surface area contributed by atoms with Crippen LogP contribution in [0.25, 0.3) is 6.08 Å². The number of hydrogen-bond acceptors (Lipinski definition) is 4. The monoisotopic (exact) mass is 320 g/mol. The van der Waals surface area contributed by atoms with E-state index in [0.717, 1.165) is 22.3 Å². The molecule has 2 rings (SSSR count). The van der Waals surface area contributed by atoms with Crippen LogP contribution in [-0.4, -0.2) is 31.2 Å². The topological polar surface area (TPSA) is 27.7 Å². The highest BCUT2D eigenvalue weighted by Gasteiger charge is 2.52. The molecule has 1 aliphatic heterocycles. The molecule has 1 aliphatic rings. The van der Waals surface area contributed by atoms with Crippen LogP contribution in [0.15, 0.2) is 23.7 Å². The molecule has 0 unspecified atom stereocenters. The molecule has 1 fully saturated rings. The number of aryl methyl sites for hydroxylation is 1. The molecule has 0 spiro atoms. The summed E-state index contributed by atoms with van der Waals surface area (Å²) in [6, 6.07) is 6.13. The van der Waals surface area contributed by atoms with Gasteiger partial charge in [0.15, 0.2) is 0 Å². The molecular formula is C17H25BO3S. The van der Waals surface area contributed by atoms with Crippen LogP contribution in [0.3, 0.4) is 0 Å². The second kappa shape index (κ2) is 6.30. The lowest BCUT2D eigenvalue weighted by atomic mass is 9.78. The predicted molar refractivity (Wildman–Crippen MR) is 95.6 cm³/mol. The summed E-state index contributed by atoms with van der Waals surface area (Å²) in [6.45, 7) is 10.3. The van der Waals surface area contributed by atoms with E-state index in [-0.39, 0.29) is 18.3 Å². The summed E-state index contributed by atoms with van der Waals surface area (Å²) < 4.78 is 17.7. The van der Waals surface area contributed by atoms with E-state index >= 15 is 0 Å². The van der Waals surface area contributed by atoms with E-state index in [4.69, 9.17) is 14.0 Å². The van der Waals surface area contributed by atoms with E-state index in [9.17, 15) is 0 Å². The van der Waals surface area contributed by atoms with Crippen LogP contribution in [0.2, 0.25) is 0 Å². The van der Waals surface area contributed by atoms with Crippen molar-refractivity contribution in [3.63, 3.8) is 0 Å². The van der Waals surface area contributed by atoms with Crippen LogP contribution in [0.4, 0.5) is 0 Å². The summed E-state index contributed by atoms with van der Waals surface area (Å²) in [6.07, 6.45) is 2.05. The molecule has 5 heteroatoms. The van der Waals surface area contributed by atoms with Gasteiger partial charge < -0.3 is 14.0 Å². The van der Waals surface area contributed by atoms with Gasteiger partial charge in [-0.3, -0.25) is 0 Å². The Hall–Kier alpha value is -0.905. The number of ether oxygens (including phenoxy) is 1. The van der Waals surface area contributed by atoms with Gasteiger partial charge >= 0.3 is 7.12 Å². The summed E-state index contributed by atoms with van der Waals surface area (Å²) in [5.41, 5.74) is 2.46. The van der Waals surface area contributed by atoms with Gasteiger partial charge in [0.2, 0.25) is 0 Å². The number of hydrogen-bond donors (Lipinski definition) is 1. The average molecular weight is 320 g/mol. The van der Waals surface area contributed by atoms with Crippen LogP contribution in [-0.2, 0) is 9.31 Å². The Balaban J connectivity index is 2.34. The third kappa shape index (κ3) is 3.37. The Labute approximate surface area is 139 Å². The molecule has 0 bridgehead atoms. The Bertz CT molecular complexity index is 565. The van der Waals surface area contributed by atoms with E-state index in [1.54, 1.807) is 7.11 Å². The summed E-state index contributed by atoms with van der Waals surface area (Å²) in [4.78, 5) is 0. The third-order valence-corrected chi connectivity index (χ3v) is 4.83. The van der Waals surface area contributed by atoms with Crippen molar-refractivity contribution in [2.75, 3.05) is 12.9 Å². The molecular weight excluding hydrogens is 295 g/mol. The fraction of sp³-hybridized carbons (Fsp3) is 0.529. The highest BCUT2D eigenvalue weighted by molar-refractivity contribution is 7.80. The molecule has 3 nitrogen and oxygen atoms in total. The molecule has 22 heavy (non-hydrogen) atoms. The second-order valence-electron chi connectivity index (χ2n) is 6.71. The SMILES string of the molecule is COc1cc(C)ccc1C=C(CS)B1OC(C)(C)C(C)(C)O1. The van der Waals surface area contributed by atoms with Gasteiger partial charge in [0.1, 0.15) is 5.75 Å².